The number of hydrogen-bond donors (Lipinski definition) is 1. The number of pyridine rings is 1. The molecule has 0 saturated carbocycles. The van der Waals surface area contributed by atoms with E-state index in [-0.39, 0.29) is 12.0 Å². The summed E-state index contributed by atoms with van der Waals surface area (Å²) in [7, 11) is 0. The summed E-state index contributed by atoms with van der Waals surface area (Å²) in [5.41, 5.74) is 0.846. The first kappa shape index (κ1) is 16.0. The lowest BCUT2D eigenvalue weighted by molar-refractivity contribution is -0.141. The van der Waals surface area contributed by atoms with Crippen molar-refractivity contribution in [2.45, 2.75) is 37.9 Å². The molecular formula is C16H19F3N4. The van der Waals surface area contributed by atoms with Gasteiger partial charge in [0.15, 0.2) is 5.69 Å². The third-order valence-corrected chi connectivity index (χ3v) is 4.50. The van der Waals surface area contributed by atoms with Crippen molar-refractivity contribution >= 4 is 0 Å². The van der Waals surface area contributed by atoms with Gasteiger partial charge < -0.3 is 0 Å². The third-order valence-electron chi connectivity index (χ3n) is 4.50. The van der Waals surface area contributed by atoms with Crippen LogP contribution in [0, 0.1) is 0 Å². The highest BCUT2D eigenvalue weighted by Gasteiger charge is 2.35. The number of aromatic amines is 1. The molecule has 2 atom stereocenters. The van der Waals surface area contributed by atoms with Crippen LogP contribution in [0.3, 0.4) is 0 Å². The molecular weight excluding hydrogens is 305 g/mol. The van der Waals surface area contributed by atoms with Crippen LogP contribution < -0.4 is 0 Å². The number of likely N-dealkylation sites (tertiary alicyclic amines) is 1. The van der Waals surface area contributed by atoms with Crippen molar-refractivity contribution in [1.29, 1.82) is 0 Å². The Labute approximate surface area is 132 Å². The first-order valence-electron chi connectivity index (χ1n) is 7.71. The Hall–Kier alpha value is -1.89. The Morgan fingerprint density at radius 1 is 1.39 bits per heavy atom. The maximum absolute atomic E-state index is 12.7. The highest BCUT2D eigenvalue weighted by atomic mass is 19.4. The van der Waals surface area contributed by atoms with E-state index in [2.05, 4.69) is 27.0 Å². The van der Waals surface area contributed by atoms with E-state index in [1.165, 1.54) is 0 Å². The maximum atomic E-state index is 12.7. The van der Waals surface area contributed by atoms with Crippen LogP contribution in [0.4, 0.5) is 13.2 Å². The monoisotopic (exact) mass is 324 g/mol. The molecule has 1 aliphatic rings. The molecule has 0 aromatic carbocycles. The largest absolute Gasteiger partial charge is 0.435 e. The fourth-order valence-electron chi connectivity index (χ4n) is 3.14. The molecule has 1 N–H and O–H groups in total. The zero-order valence-corrected chi connectivity index (χ0v) is 12.8. The Morgan fingerprint density at radius 3 is 2.87 bits per heavy atom. The van der Waals surface area contributed by atoms with Gasteiger partial charge in [0.1, 0.15) is 0 Å². The van der Waals surface area contributed by atoms with Crippen LogP contribution >= 0.6 is 0 Å². The van der Waals surface area contributed by atoms with Crippen LogP contribution in [-0.4, -0.2) is 33.2 Å². The number of hydrogen-bond acceptors (Lipinski definition) is 3. The summed E-state index contributed by atoms with van der Waals surface area (Å²) in [4.78, 5) is 6.43. The van der Waals surface area contributed by atoms with Crippen molar-refractivity contribution < 1.29 is 13.2 Å². The molecule has 3 rings (SSSR count). The number of halogens is 3. The number of piperidine rings is 1. The summed E-state index contributed by atoms with van der Waals surface area (Å²) < 4.78 is 38.1. The molecule has 0 bridgehead atoms. The van der Waals surface area contributed by atoms with Gasteiger partial charge in [0, 0.05) is 36.6 Å². The molecule has 0 amide bonds. The van der Waals surface area contributed by atoms with Gasteiger partial charge in [0.2, 0.25) is 0 Å². The second-order valence-corrected chi connectivity index (χ2v) is 6.00. The lowest BCUT2D eigenvalue weighted by atomic mass is 9.93. The third kappa shape index (κ3) is 3.55. The molecule has 23 heavy (non-hydrogen) atoms. The standard InChI is InChI=1S/C16H19F3N4/c1-11(12-4-2-6-20-9-12)23-7-3-5-13(10-23)14-8-15(22-21-14)16(17,18)19/h2,4,6,8-9,11,13H,3,5,7,10H2,1H3,(H,21,22)/t11-,13+/m1/s1. The highest BCUT2D eigenvalue weighted by Crippen LogP contribution is 2.34. The number of alkyl halides is 3. The Kier molecular flexibility index (Phi) is 4.39. The molecule has 7 heteroatoms. The van der Waals surface area contributed by atoms with E-state index in [0.29, 0.717) is 5.69 Å². The lowest BCUT2D eigenvalue weighted by Gasteiger charge is -2.36. The first-order chi connectivity index (χ1) is 10.9. The van der Waals surface area contributed by atoms with Crippen LogP contribution in [-0.2, 0) is 6.18 Å². The smallest absolute Gasteiger partial charge is 0.296 e. The molecule has 4 nitrogen and oxygen atoms in total. The molecule has 0 radical (unpaired) electrons. The number of aromatic nitrogens is 3. The van der Waals surface area contributed by atoms with E-state index < -0.39 is 11.9 Å². The van der Waals surface area contributed by atoms with Crippen molar-refractivity contribution in [2.75, 3.05) is 13.1 Å². The molecule has 2 aromatic heterocycles. The summed E-state index contributed by atoms with van der Waals surface area (Å²) in [6, 6.07) is 5.26. The van der Waals surface area contributed by atoms with Gasteiger partial charge in [0.25, 0.3) is 0 Å². The minimum Gasteiger partial charge on any atom is -0.296 e. The lowest BCUT2D eigenvalue weighted by Crippen LogP contribution is -2.36. The van der Waals surface area contributed by atoms with Crippen molar-refractivity contribution in [3.05, 3.63) is 47.5 Å². The first-order valence-corrected chi connectivity index (χ1v) is 7.71. The van der Waals surface area contributed by atoms with Crippen LogP contribution in [0.5, 0.6) is 0 Å². The summed E-state index contributed by atoms with van der Waals surface area (Å²) >= 11 is 0. The SMILES string of the molecule is C[C@H](c1cccnc1)N1CCC[C@H](c2cc(C(F)(F)F)n[nH]2)C1. The van der Waals surface area contributed by atoms with Gasteiger partial charge >= 0.3 is 6.18 Å². The van der Waals surface area contributed by atoms with E-state index in [0.717, 1.165) is 37.6 Å². The summed E-state index contributed by atoms with van der Waals surface area (Å²) in [5.74, 6) is 0.0477. The van der Waals surface area contributed by atoms with Crippen LogP contribution in [0.15, 0.2) is 30.6 Å². The van der Waals surface area contributed by atoms with Gasteiger partial charge in [-0.2, -0.15) is 18.3 Å². The van der Waals surface area contributed by atoms with E-state index in [1.807, 2.05) is 18.3 Å². The highest BCUT2D eigenvalue weighted by molar-refractivity contribution is 5.18. The number of H-pyrrole nitrogens is 1. The summed E-state index contributed by atoms with van der Waals surface area (Å²) in [6.07, 6.45) is 1.00. The van der Waals surface area contributed by atoms with Crippen LogP contribution in [0.2, 0.25) is 0 Å². The number of nitrogens with one attached hydrogen (secondary N) is 1. The molecule has 124 valence electrons. The zero-order valence-electron chi connectivity index (χ0n) is 12.8. The van der Waals surface area contributed by atoms with Gasteiger partial charge in [-0.15, -0.1) is 0 Å². The van der Waals surface area contributed by atoms with Crippen molar-refractivity contribution in [1.82, 2.24) is 20.1 Å². The van der Waals surface area contributed by atoms with E-state index in [9.17, 15) is 13.2 Å². The van der Waals surface area contributed by atoms with Crippen LogP contribution in [0.1, 0.15) is 48.7 Å². The van der Waals surface area contributed by atoms with Gasteiger partial charge in [-0.1, -0.05) is 6.07 Å². The van der Waals surface area contributed by atoms with E-state index >= 15 is 0 Å². The molecule has 2 aromatic rings. The van der Waals surface area contributed by atoms with Gasteiger partial charge in [0.05, 0.1) is 0 Å². The minimum absolute atomic E-state index is 0.0477. The second-order valence-electron chi connectivity index (χ2n) is 6.00. The van der Waals surface area contributed by atoms with Gasteiger partial charge in [-0.25, -0.2) is 0 Å². The summed E-state index contributed by atoms with van der Waals surface area (Å²) in [5, 5.41) is 5.98. The van der Waals surface area contributed by atoms with E-state index in [4.69, 9.17) is 0 Å². The molecule has 3 heterocycles. The maximum Gasteiger partial charge on any atom is 0.435 e. The van der Waals surface area contributed by atoms with Gasteiger partial charge in [-0.05, 0) is 44.0 Å². The predicted molar refractivity (Wildman–Crippen MR) is 79.8 cm³/mol. The number of rotatable bonds is 3. The quantitative estimate of drug-likeness (QED) is 0.935. The predicted octanol–water partition coefficient (Wildman–Crippen LogP) is 3.76. The number of nitrogens with zero attached hydrogens (tertiary/aromatic N) is 3. The minimum atomic E-state index is -4.40. The van der Waals surface area contributed by atoms with Crippen molar-refractivity contribution in [3.63, 3.8) is 0 Å². The Bertz CT molecular complexity index is 638. The Morgan fingerprint density at radius 2 is 2.22 bits per heavy atom. The molecule has 0 unspecified atom stereocenters. The second kappa shape index (κ2) is 6.31. The summed E-state index contributed by atoms with van der Waals surface area (Å²) in [6.45, 7) is 3.76. The molecule has 1 fully saturated rings. The molecule has 1 aliphatic heterocycles. The molecule has 0 aliphatic carbocycles. The zero-order chi connectivity index (χ0) is 16.4. The van der Waals surface area contributed by atoms with Crippen molar-refractivity contribution in [2.24, 2.45) is 0 Å². The van der Waals surface area contributed by atoms with E-state index in [1.54, 1.807) is 6.20 Å². The molecule has 1 saturated heterocycles. The topological polar surface area (TPSA) is 44.8 Å². The average Bonchev–Trinajstić information content (AvgIpc) is 3.05. The normalized spacial score (nSPS) is 21.3. The van der Waals surface area contributed by atoms with Crippen LogP contribution in [0.25, 0.3) is 0 Å². The fourth-order valence-corrected chi connectivity index (χ4v) is 3.14. The fraction of sp³-hybridized carbons (Fsp3) is 0.500. The van der Waals surface area contributed by atoms with Gasteiger partial charge in [-0.3, -0.25) is 15.0 Å². The van der Waals surface area contributed by atoms with Crippen molar-refractivity contribution in [3.8, 4) is 0 Å². The molecule has 0 spiro atoms. The Balaban J connectivity index is 1.72. The average molecular weight is 324 g/mol.